The summed E-state index contributed by atoms with van der Waals surface area (Å²) in [7, 11) is 0. The van der Waals surface area contributed by atoms with E-state index in [1.54, 1.807) is 12.1 Å². The number of benzene rings is 1. The number of halogens is 2. The van der Waals surface area contributed by atoms with Crippen molar-refractivity contribution in [2.75, 3.05) is 5.73 Å². The first-order valence-corrected chi connectivity index (χ1v) is 5.55. The molecule has 2 aromatic rings. The monoisotopic (exact) mass is 241 g/mol. The topological polar surface area (TPSA) is 39.2 Å². The number of thioether (sulfide) groups is 1. The summed E-state index contributed by atoms with van der Waals surface area (Å²) in [5.41, 5.74) is 5.80. The quantitative estimate of drug-likeness (QED) is 0.661. The number of furan rings is 1. The van der Waals surface area contributed by atoms with Gasteiger partial charge in [-0.2, -0.15) is 0 Å². The second kappa shape index (κ2) is 4.57. The van der Waals surface area contributed by atoms with Crippen molar-refractivity contribution in [1.82, 2.24) is 0 Å². The van der Waals surface area contributed by atoms with Crippen LogP contribution in [-0.4, -0.2) is 0 Å². The van der Waals surface area contributed by atoms with Crippen LogP contribution >= 0.6 is 11.8 Å². The van der Waals surface area contributed by atoms with Gasteiger partial charge in [-0.15, -0.1) is 11.8 Å². The van der Waals surface area contributed by atoms with Gasteiger partial charge in [0.1, 0.15) is 5.76 Å². The Morgan fingerprint density at radius 3 is 2.75 bits per heavy atom. The number of anilines is 1. The Balaban J connectivity index is 2.18. The first kappa shape index (κ1) is 11.0. The summed E-state index contributed by atoms with van der Waals surface area (Å²) in [4.78, 5) is 0.122. The van der Waals surface area contributed by atoms with Gasteiger partial charge in [0.05, 0.1) is 16.9 Å². The van der Waals surface area contributed by atoms with Gasteiger partial charge in [-0.25, -0.2) is 8.78 Å². The van der Waals surface area contributed by atoms with Crippen molar-refractivity contribution in [2.24, 2.45) is 0 Å². The zero-order valence-electron chi connectivity index (χ0n) is 8.24. The fraction of sp³-hybridized carbons (Fsp3) is 0.0909. The lowest BCUT2D eigenvalue weighted by molar-refractivity contribution is 0.492. The molecule has 0 spiro atoms. The molecule has 2 N–H and O–H groups in total. The van der Waals surface area contributed by atoms with Crippen LogP contribution in [0.5, 0.6) is 0 Å². The third-order valence-electron chi connectivity index (χ3n) is 2.02. The largest absolute Gasteiger partial charge is 0.468 e. The molecule has 0 bridgehead atoms. The van der Waals surface area contributed by atoms with E-state index in [4.69, 9.17) is 10.2 Å². The highest BCUT2D eigenvalue weighted by atomic mass is 32.2. The molecule has 0 atom stereocenters. The van der Waals surface area contributed by atoms with Crippen molar-refractivity contribution in [3.05, 3.63) is 47.9 Å². The number of hydrogen-bond donors (Lipinski definition) is 1. The van der Waals surface area contributed by atoms with Gasteiger partial charge in [0, 0.05) is 5.69 Å². The Morgan fingerprint density at radius 1 is 1.25 bits per heavy atom. The molecule has 0 aliphatic heterocycles. The standard InChI is InChI=1S/C11H9F2NOS/c12-8-3-4-9(14)11(10(8)13)16-6-7-2-1-5-15-7/h1-5H,6,14H2. The van der Waals surface area contributed by atoms with Gasteiger partial charge in [-0.05, 0) is 24.3 Å². The molecule has 0 aliphatic carbocycles. The molecule has 1 heterocycles. The van der Waals surface area contributed by atoms with Gasteiger partial charge in [-0.1, -0.05) is 0 Å². The van der Waals surface area contributed by atoms with Crippen LogP contribution in [0.4, 0.5) is 14.5 Å². The highest BCUT2D eigenvalue weighted by Crippen LogP contribution is 2.31. The molecule has 16 heavy (non-hydrogen) atoms. The van der Waals surface area contributed by atoms with Crippen molar-refractivity contribution in [3.63, 3.8) is 0 Å². The average Bonchev–Trinajstić information content (AvgIpc) is 2.77. The van der Waals surface area contributed by atoms with E-state index in [1.165, 1.54) is 12.3 Å². The van der Waals surface area contributed by atoms with Gasteiger partial charge in [-0.3, -0.25) is 0 Å². The van der Waals surface area contributed by atoms with Crippen LogP contribution in [0.25, 0.3) is 0 Å². The van der Waals surface area contributed by atoms with E-state index in [2.05, 4.69) is 0 Å². The minimum Gasteiger partial charge on any atom is -0.468 e. The molecule has 0 unspecified atom stereocenters. The molecule has 0 aliphatic rings. The highest BCUT2D eigenvalue weighted by molar-refractivity contribution is 7.98. The second-order valence-electron chi connectivity index (χ2n) is 3.15. The second-order valence-corrected chi connectivity index (χ2v) is 4.13. The smallest absolute Gasteiger partial charge is 0.174 e. The molecule has 0 fully saturated rings. The lowest BCUT2D eigenvalue weighted by Gasteiger charge is -2.06. The summed E-state index contributed by atoms with van der Waals surface area (Å²) < 4.78 is 31.4. The van der Waals surface area contributed by atoms with Crippen LogP contribution in [0, 0.1) is 11.6 Å². The summed E-state index contributed by atoms with van der Waals surface area (Å²) in [6.07, 6.45) is 1.53. The van der Waals surface area contributed by atoms with Crippen LogP contribution < -0.4 is 5.73 Å². The first-order valence-electron chi connectivity index (χ1n) is 4.57. The van der Waals surface area contributed by atoms with Crippen LogP contribution in [0.1, 0.15) is 5.76 Å². The lowest BCUT2D eigenvalue weighted by atomic mass is 10.3. The molecule has 2 rings (SSSR count). The third kappa shape index (κ3) is 2.19. The number of rotatable bonds is 3. The molecule has 0 saturated carbocycles. The lowest BCUT2D eigenvalue weighted by Crippen LogP contribution is -1.95. The van der Waals surface area contributed by atoms with Gasteiger partial charge in [0.25, 0.3) is 0 Å². The third-order valence-corrected chi connectivity index (χ3v) is 3.15. The van der Waals surface area contributed by atoms with Crippen molar-refractivity contribution in [2.45, 2.75) is 10.6 Å². The van der Waals surface area contributed by atoms with Gasteiger partial charge >= 0.3 is 0 Å². The maximum atomic E-state index is 13.4. The van der Waals surface area contributed by atoms with Crippen LogP contribution in [0.15, 0.2) is 39.8 Å². The summed E-state index contributed by atoms with van der Waals surface area (Å²) in [6, 6.07) is 5.87. The van der Waals surface area contributed by atoms with Crippen LogP contribution in [0.2, 0.25) is 0 Å². The van der Waals surface area contributed by atoms with E-state index in [9.17, 15) is 8.78 Å². The zero-order valence-corrected chi connectivity index (χ0v) is 9.06. The van der Waals surface area contributed by atoms with Crippen LogP contribution in [-0.2, 0) is 5.75 Å². The molecule has 1 aromatic heterocycles. The number of hydrogen-bond acceptors (Lipinski definition) is 3. The van der Waals surface area contributed by atoms with Gasteiger partial charge in [0.15, 0.2) is 11.6 Å². The van der Waals surface area contributed by atoms with Crippen molar-refractivity contribution < 1.29 is 13.2 Å². The normalized spacial score (nSPS) is 10.6. The Hall–Kier alpha value is -1.49. The van der Waals surface area contributed by atoms with E-state index < -0.39 is 11.6 Å². The van der Waals surface area contributed by atoms with Crippen molar-refractivity contribution in [3.8, 4) is 0 Å². The SMILES string of the molecule is Nc1ccc(F)c(F)c1SCc1ccco1. The van der Waals surface area contributed by atoms with E-state index in [0.717, 1.165) is 17.8 Å². The molecule has 0 amide bonds. The zero-order chi connectivity index (χ0) is 11.5. The van der Waals surface area contributed by atoms with Gasteiger partial charge < -0.3 is 10.2 Å². The van der Waals surface area contributed by atoms with E-state index in [0.29, 0.717) is 11.5 Å². The van der Waals surface area contributed by atoms with Crippen LogP contribution in [0.3, 0.4) is 0 Å². The highest BCUT2D eigenvalue weighted by Gasteiger charge is 2.12. The Morgan fingerprint density at radius 2 is 2.06 bits per heavy atom. The first-order chi connectivity index (χ1) is 7.68. The van der Waals surface area contributed by atoms with Crippen molar-refractivity contribution in [1.29, 1.82) is 0 Å². The Kier molecular flexibility index (Phi) is 3.14. The van der Waals surface area contributed by atoms with E-state index in [1.807, 2.05) is 0 Å². The van der Waals surface area contributed by atoms with Crippen molar-refractivity contribution >= 4 is 17.4 Å². The molecule has 2 nitrogen and oxygen atoms in total. The Bertz CT molecular complexity index is 485. The maximum Gasteiger partial charge on any atom is 0.174 e. The molecular formula is C11H9F2NOS. The van der Waals surface area contributed by atoms with E-state index in [-0.39, 0.29) is 10.6 Å². The molecule has 84 valence electrons. The molecule has 0 saturated heterocycles. The molecule has 0 radical (unpaired) electrons. The summed E-state index contributed by atoms with van der Waals surface area (Å²) >= 11 is 1.11. The maximum absolute atomic E-state index is 13.4. The molecule has 1 aromatic carbocycles. The average molecular weight is 241 g/mol. The summed E-state index contributed by atoms with van der Waals surface area (Å²) in [5.74, 6) is -0.696. The Labute approximate surface area is 95.4 Å². The molecule has 5 heteroatoms. The number of nitrogens with two attached hydrogens (primary N) is 1. The predicted octanol–water partition coefficient (Wildman–Crippen LogP) is 3.43. The summed E-state index contributed by atoms with van der Waals surface area (Å²) in [5, 5.41) is 0. The number of nitrogen functional groups attached to an aromatic ring is 1. The fourth-order valence-corrected chi connectivity index (χ4v) is 2.14. The van der Waals surface area contributed by atoms with Gasteiger partial charge in [0.2, 0.25) is 0 Å². The van der Waals surface area contributed by atoms with E-state index >= 15 is 0 Å². The summed E-state index contributed by atoms with van der Waals surface area (Å²) in [6.45, 7) is 0. The molecular weight excluding hydrogens is 232 g/mol. The minimum absolute atomic E-state index is 0.122. The fourth-order valence-electron chi connectivity index (χ4n) is 1.23. The minimum atomic E-state index is -0.906. The predicted molar refractivity (Wildman–Crippen MR) is 59.0 cm³/mol.